The van der Waals surface area contributed by atoms with E-state index in [4.69, 9.17) is 26.2 Å². The molecule has 0 spiro atoms. The lowest BCUT2D eigenvalue weighted by Gasteiger charge is -2.39. The SMILES string of the molecule is OC[C@@H]1O[C@@H](Oc2c[nH]c3cc(Cl)ccc23)[C@@H](O)[C@H](O)[C@@H]1O. The molecule has 22 heavy (non-hydrogen) atoms. The summed E-state index contributed by atoms with van der Waals surface area (Å²) in [7, 11) is 0. The molecule has 0 radical (unpaired) electrons. The van der Waals surface area contributed by atoms with Gasteiger partial charge in [0.25, 0.3) is 0 Å². The molecule has 0 amide bonds. The number of benzene rings is 1. The Balaban J connectivity index is 1.84. The highest BCUT2D eigenvalue weighted by Crippen LogP contribution is 2.31. The lowest BCUT2D eigenvalue weighted by molar-refractivity contribution is -0.277. The zero-order chi connectivity index (χ0) is 15.9. The predicted molar refractivity (Wildman–Crippen MR) is 77.7 cm³/mol. The normalized spacial score (nSPS) is 32.3. The van der Waals surface area contributed by atoms with Gasteiger partial charge in [0.2, 0.25) is 6.29 Å². The van der Waals surface area contributed by atoms with Crippen molar-refractivity contribution >= 4 is 22.5 Å². The highest BCUT2D eigenvalue weighted by atomic mass is 35.5. The topological polar surface area (TPSA) is 115 Å². The Bertz CT molecular complexity index is 660. The van der Waals surface area contributed by atoms with E-state index in [9.17, 15) is 15.3 Å². The third-order valence-electron chi connectivity index (χ3n) is 3.70. The Hall–Kier alpha value is -1.35. The minimum atomic E-state index is -1.48. The van der Waals surface area contributed by atoms with Gasteiger partial charge in [-0.15, -0.1) is 0 Å². The second kappa shape index (κ2) is 6.04. The third-order valence-corrected chi connectivity index (χ3v) is 3.93. The Morgan fingerprint density at radius 1 is 1.18 bits per heavy atom. The number of H-pyrrole nitrogens is 1. The molecule has 1 saturated heterocycles. The Labute approximate surface area is 130 Å². The molecule has 0 bridgehead atoms. The number of nitrogens with one attached hydrogen (secondary N) is 1. The van der Waals surface area contributed by atoms with Gasteiger partial charge in [0.05, 0.1) is 12.1 Å². The number of ether oxygens (including phenoxy) is 2. The maximum Gasteiger partial charge on any atom is 0.229 e. The molecule has 7 nitrogen and oxygen atoms in total. The van der Waals surface area contributed by atoms with Crippen molar-refractivity contribution in [3.63, 3.8) is 0 Å². The van der Waals surface area contributed by atoms with Gasteiger partial charge in [-0.05, 0) is 18.2 Å². The molecule has 120 valence electrons. The second-order valence-electron chi connectivity index (χ2n) is 5.16. The fourth-order valence-electron chi connectivity index (χ4n) is 2.46. The summed E-state index contributed by atoms with van der Waals surface area (Å²) in [5.41, 5.74) is 0.743. The van der Waals surface area contributed by atoms with E-state index >= 15 is 0 Å². The van der Waals surface area contributed by atoms with Crippen LogP contribution >= 0.6 is 11.6 Å². The molecule has 1 aliphatic heterocycles. The first-order valence-electron chi connectivity index (χ1n) is 6.75. The van der Waals surface area contributed by atoms with Crippen molar-refractivity contribution in [3.05, 3.63) is 29.4 Å². The summed E-state index contributed by atoms with van der Waals surface area (Å²) in [6.45, 7) is -0.506. The lowest BCUT2D eigenvalue weighted by atomic mass is 9.99. The van der Waals surface area contributed by atoms with Gasteiger partial charge in [-0.2, -0.15) is 0 Å². The summed E-state index contributed by atoms with van der Waals surface area (Å²) >= 11 is 5.90. The minimum absolute atomic E-state index is 0.399. The number of hydrogen-bond donors (Lipinski definition) is 5. The van der Waals surface area contributed by atoms with Gasteiger partial charge in [-0.25, -0.2) is 0 Å². The van der Waals surface area contributed by atoms with Crippen LogP contribution in [0.2, 0.25) is 5.02 Å². The summed E-state index contributed by atoms with van der Waals surface area (Å²) in [6.07, 6.45) is -5.00. The maximum atomic E-state index is 9.96. The van der Waals surface area contributed by atoms with Crippen molar-refractivity contribution in [2.75, 3.05) is 6.61 Å². The molecule has 5 N–H and O–H groups in total. The monoisotopic (exact) mass is 329 g/mol. The quantitative estimate of drug-likeness (QED) is 0.541. The number of aliphatic hydroxyl groups is 4. The number of aromatic amines is 1. The molecule has 1 aliphatic rings. The summed E-state index contributed by atoms with van der Waals surface area (Å²) in [4.78, 5) is 2.97. The largest absolute Gasteiger partial charge is 0.460 e. The molecule has 8 heteroatoms. The number of fused-ring (bicyclic) bond motifs is 1. The summed E-state index contributed by atoms with van der Waals surface area (Å²) in [5, 5.41) is 39.9. The molecule has 0 unspecified atom stereocenters. The number of halogens is 1. The molecule has 3 rings (SSSR count). The third kappa shape index (κ3) is 2.67. The first-order chi connectivity index (χ1) is 10.5. The van der Waals surface area contributed by atoms with E-state index in [-0.39, 0.29) is 0 Å². The molecular formula is C14H16ClNO6. The molecule has 0 saturated carbocycles. The van der Waals surface area contributed by atoms with Crippen molar-refractivity contribution in [1.29, 1.82) is 0 Å². The summed E-state index contributed by atoms with van der Waals surface area (Å²) < 4.78 is 10.9. The highest BCUT2D eigenvalue weighted by Gasteiger charge is 2.44. The number of hydrogen-bond acceptors (Lipinski definition) is 6. The van der Waals surface area contributed by atoms with Crippen LogP contribution in [0.25, 0.3) is 10.9 Å². The van der Waals surface area contributed by atoms with Gasteiger partial charge in [0, 0.05) is 16.6 Å². The van der Waals surface area contributed by atoms with E-state index in [1.165, 1.54) is 0 Å². The first-order valence-corrected chi connectivity index (χ1v) is 7.13. The maximum absolute atomic E-state index is 9.96. The predicted octanol–water partition coefficient (Wildman–Crippen LogP) is -0.000000000000000278. The van der Waals surface area contributed by atoms with Crippen LogP contribution in [0.1, 0.15) is 0 Å². The van der Waals surface area contributed by atoms with E-state index in [1.807, 2.05) is 0 Å². The smallest absolute Gasteiger partial charge is 0.229 e. The Kier molecular flexibility index (Phi) is 4.26. The van der Waals surface area contributed by atoms with Crippen LogP contribution in [0.5, 0.6) is 5.75 Å². The molecule has 0 aliphatic carbocycles. The van der Waals surface area contributed by atoms with Crippen LogP contribution in [-0.2, 0) is 4.74 Å². The van der Waals surface area contributed by atoms with Crippen LogP contribution in [0.15, 0.2) is 24.4 Å². The Morgan fingerprint density at radius 2 is 1.95 bits per heavy atom. The number of rotatable bonds is 3. The molecule has 2 aromatic rings. The van der Waals surface area contributed by atoms with Gasteiger partial charge >= 0.3 is 0 Å². The number of aromatic nitrogens is 1. The van der Waals surface area contributed by atoms with Crippen molar-refractivity contribution in [2.24, 2.45) is 0 Å². The average Bonchev–Trinajstić information content (AvgIpc) is 2.90. The lowest BCUT2D eigenvalue weighted by Crippen LogP contribution is -2.60. The molecule has 1 fully saturated rings. The molecule has 2 heterocycles. The summed E-state index contributed by atoms with van der Waals surface area (Å²) in [6, 6.07) is 5.16. The van der Waals surface area contributed by atoms with Crippen molar-refractivity contribution in [2.45, 2.75) is 30.7 Å². The molecule has 1 aromatic heterocycles. The fourth-order valence-corrected chi connectivity index (χ4v) is 2.63. The van der Waals surface area contributed by atoms with Crippen molar-refractivity contribution in [3.8, 4) is 5.75 Å². The van der Waals surface area contributed by atoms with E-state index in [0.29, 0.717) is 10.8 Å². The minimum Gasteiger partial charge on any atom is -0.460 e. The molecule has 1 aromatic carbocycles. The number of aliphatic hydroxyl groups excluding tert-OH is 4. The van der Waals surface area contributed by atoms with Crippen LogP contribution in [0.4, 0.5) is 0 Å². The van der Waals surface area contributed by atoms with E-state index in [1.54, 1.807) is 24.4 Å². The van der Waals surface area contributed by atoms with Crippen molar-refractivity contribution < 1.29 is 29.9 Å². The molecule has 5 atom stereocenters. The zero-order valence-electron chi connectivity index (χ0n) is 11.4. The van der Waals surface area contributed by atoms with Gasteiger partial charge < -0.3 is 34.9 Å². The first kappa shape index (κ1) is 15.5. The van der Waals surface area contributed by atoms with E-state index < -0.39 is 37.3 Å². The van der Waals surface area contributed by atoms with Gasteiger partial charge in [-0.1, -0.05) is 11.6 Å². The van der Waals surface area contributed by atoms with E-state index in [2.05, 4.69) is 4.98 Å². The Morgan fingerprint density at radius 3 is 2.68 bits per heavy atom. The van der Waals surface area contributed by atoms with Gasteiger partial charge in [0.15, 0.2) is 0 Å². The second-order valence-corrected chi connectivity index (χ2v) is 5.59. The van der Waals surface area contributed by atoms with E-state index in [0.717, 1.165) is 10.9 Å². The van der Waals surface area contributed by atoms with Crippen LogP contribution in [0, 0.1) is 0 Å². The van der Waals surface area contributed by atoms with Crippen molar-refractivity contribution in [1.82, 2.24) is 4.98 Å². The van der Waals surface area contributed by atoms with Crippen LogP contribution < -0.4 is 4.74 Å². The summed E-state index contributed by atoms with van der Waals surface area (Å²) in [5.74, 6) is 0.399. The van der Waals surface area contributed by atoms with Gasteiger partial charge in [0.1, 0.15) is 30.2 Å². The average molecular weight is 330 g/mol. The molecular weight excluding hydrogens is 314 g/mol. The standard InChI is InChI=1S/C14H16ClNO6/c15-6-1-2-7-8(3-6)16-4-9(7)21-14-13(20)12(19)11(18)10(5-17)22-14/h1-4,10-14,16-20H,5H2/t10-,11+,12+,13-,14+/m0/s1. The van der Waals surface area contributed by atoms with Crippen LogP contribution in [0.3, 0.4) is 0 Å². The zero-order valence-corrected chi connectivity index (χ0v) is 12.1. The highest BCUT2D eigenvalue weighted by molar-refractivity contribution is 6.31. The van der Waals surface area contributed by atoms with Gasteiger partial charge in [-0.3, -0.25) is 0 Å². The van der Waals surface area contributed by atoms with Crippen LogP contribution in [-0.4, -0.2) is 62.7 Å². The fraction of sp³-hybridized carbons (Fsp3) is 0.429.